The van der Waals surface area contributed by atoms with Gasteiger partial charge in [0.2, 0.25) is 0 Å². The summed E-state index contributed by atoms with van der Waals surface area (Å²) in [7, 11) is 0. The highest BCUT2D eigenvalue weighted by Crippen LogP contribution is 2.27. The Bertz CT molecular complexity index is 510. The maximum Gasteiger partial charge on any atom is 0.336 e. The van der Waals surface area contributed by atoms with Crippen molar-refractivity contribution in [3.8, 4) is 0 Å². The molecule has 0 bridgehead atoms. The zero-order valence-electron chi connectivity index (χ0n) is 11.3. The van der Waals surface area contributed by atoms with Gasteiger partial charge in [-0.05, 0) is 23.6 Å². The highest BCUT2D eigenvalue weighted by molar-refractivity contribution is 5.89. The number of carbonyl (C=O) groups is 1. The minimum absolute atomic E-state index is 0.127. The van der Waals surface area contributed by atoms with Crippen LogP contribution in [-0.4, -0.2) is 17.5 Å². The number of benzene rings is 1. The molecule has 1 rings (SSSR count). The first-order chi connectivity index (χ1) is 9.32. The Morgan fingerprint density at radius 2 is 1.95 bits per heavy atom. The zero-order chi connectivity index (χ0) is 15.3. The molecule has 0 aliphatic heterocycles. The first-order valence-corrected chi connectivity index (χ1v) is 6.07. The van der Waals surface area contributed by atoms with Crippen LogP contribution in [0.1, 0.15) is 25.6 Å². The number of esters is 1. The Balaban J connectivity index is 2.73. The number of carbonyl (C=O) groups excluding carboxylic acids is 1. The molecule has 1 unspecified atom stereocenters. The van der Waals surface area contributed by atoms with Crippen LogP contribution in [0.25, 0.3) is 0 Å². The molecule has 0 aliphatic carbocycles. The minimum atomic E-state index is -1.74. The van der Waals surface area contributed by atoms with Crippen LogP contribution in [0.3, 0.4) is 0 Å². The molecule has 0 aromatic heterocycles. The second-order valence-corrected chi connectivity index (χ2v) is 4.73. The predicted molar refractivity (Wildman–Crippen MR) is 71.9 cm³/mol. The number of non-ortho nitro benzene ring substituents is 1. The summed E-state index contributed by atoms with van der Waals surface area (Å²) in [6, 6.07) is 4.86. The van der Waals surface area contributed by atoms with Crippen molar-refractivity contribution >= 4 is 11.7 Å². The van der Waals surface area contributed by atoms with Gasteiger partial charge in [0.25, 0.3) is 5.69 Å². The standard InChI is InChI=1S/C14H16FNO4/c1-9(2)8-20-14(17)10(3)13(15)11-4-6-12(7-5-11)16(18)19/h4-7,9,13H,3,8H2,1-2H3. The van der Waals surface area contributed by atoms with Crippen molar-refractivity contribution in [3.63, 3.8) is 0 Å². The van der Waals surface area contributed by atoms with Gasteiger partial charge in [0.1, 0.15) is 0 Å². The average molecular weight is 281 g/mol. The molecule has 0 amide bonds. The number of nitro benzene ring substituents is 1. The quantitative estimate of drug-likeness (QED) is 0.347. The lowest BCUT2D eigenvalue weighted by molar-refractivity contribution is -0.384. The minimum Gasteiger partial charge on any atom is -0.462 e. The van der Waals surface area contributed by atoms with Crippen LogP contribution in [0.4, 0.5) is 10.1 Å². The van der Waals surface area contributed by atoms with Crippen molar-refractivity contribution in [2.45, 2.75) is 20.0 Å². The Kier molecular flexibility index (Phi) is 5.37. The van der Waals surface area contributed by atoms with Gasteiger partial charge in [0, 0.05) is 12.1 Å². The summed E-state index contributed by atoms with van der Waals surface area (Å²) in [4.78, 5) is 21.5. The fourth-order valence-electron chi connectivity index (χ4n) is 1.40. The molecular weight excluding hydrogens is 265 g/mol. The highest BCUT2D eigenvalue weighted by Gasteiger charge is 2.22. The van der Waals surface area contributed by atoms with Crippen LogP contribution in [0.2, 0.25) is 0 Å². The van der Waals surface area contributed by atoms with E-state index in [-0.39, 0.29) is 29.3 Å². The SMILES string of the molecule is C=C(C(=O)OCC(C)C)C(F)c1ccc([N+](=O)[O-])cc1. The number of ether oxygens (including phenoxy) is 1. The summed E-state index contributed by atoms with van der Waals surface area (Å²) < 4.78 is 18.9. The highest BCUT2D eigenvalue weighted by atomic mass is 19.1. The molecule has 6 heteroatoms. The van der Waals surface area contributed by atoms with Gasteiger partial charge in [-0.1, -0.05) is 20.4 Å². The van der Waals surface area contributed by atoms with E-state index >= 15 is 0 Å². The summed E-state index contributed by atoms with van der Waals surface area (Å²) in [6.07, 6.45) is -1.74. The number of alkyl halides is 1. The first-order valence-electron chi connectivity index (χ1n) is 6.07. The lowest BCUT2D eigenvalue weighted by Gasteiger charge is -2.12. The molecule has 0 saturated heterocycles. The average Bonchev–Trinajstić information content (AvgIpc) is 2.43. The van der Waals surface area contributed by atoms with E-state index in [0.29, 0.717) is 0 Å². The number of nitrogens with zero attached hydrogens (tertiary/aromatic N) is 1. The van der Waals surface area contributed by atoms with E-state index in [2.05, 4.69) is 6.58 Å². The van der Waals surface area contributed by atoms with Crippen LogP contribution in [0, 0.1) is 16.0 Å². The lowest BCUT2D eigenvalue weighted by Crippen LogP contribution is -2.14. The summed E-state index contributed by atoms with van der Waals surface area (Å²) in [5.74, 6) is -0.659. The molecule has 1 aromatic rings. The summed E-state index contributed by atoms with van der Waals surface area (Å²) >= 11 is 0. The van der Waals surface area contributed by atoms with E-state index < -0.39 is 17.1 Å². The van der Waals surface area contributed by atoms with Crippen molar-refractivity contribution < 1.29 is 18.8 Å². The summed E-state index contributed by atoms with van der Waals surface area (Å²) in [5, 5.41) is 10.5. The Labute approximate surface area is 116 Å². The van der Waals surface area contributed by atoms with Crippen molar-refractivity contribution in [1.29, 1.82) is 0 Å². The molecule has 0 N–H and O–H groups in total. The van der Waals surface area contributed by atoms with Crippen molar-refractivity contribution in [3.05, 3.63) is 52.1 Å². The number of halogens is 1. The fraction of sp³-hybridized carbons (Fsp3) is 0.357. The summed E-state index contributed by atoms with van der Waals surface area (Å²) in [6.45, 7) is 7.29. The van der Waals surface area contributed by atoms with Crippen LogP contribution in [-0.2, 0) is 9.53 Å². The Morgan fingerprint density at radius 1 is 1.40 bits per heavy atom. The molecule has 108 valence electrons. The monoisotopic (exact) mass is 281 g/mol. The number of nitro groups is 1. The van der Waals surface area contributed by atoms with Crippen LogP contribution in [0.15, 0.2) is 36.4 Å². The van der Waals surface area contributed by atoms with Crippen molar-refractivity contribution in [1.82, 2.24) is 0 Å². The van der Waals surface area contributed by atoms with Crippen molar-refractivity contribution in [2.75, 3.05) is 6.61 Å². The second kappa shape index (κ2) is 6.79. The molecule has 5 nitrogen and oxygen atoms in total. The molecule has 0 heterocycles. The first kappa shape index (κ1) is 15.8. The third-order valence-electron chi connectivity index (χ3n) is 2.51. The van der Waals surface area contributed by atoms with Gasteiger partial charge in [-0.15, -0.1) is 0 Å². The van der Waals surface area contributed by atoms with Crippen LogP contribution >= 0.6 is 0 Å². The summed E-state index contributed by atoms with van der Waals surface area (Å²) in [5.41, 5.74) is -0.337. The van der Waals surface area contributed by atoms with Crippen LogP contribution < -0.4 is 0 Å². The molecule has 1 aromatic carbocycles. The van der Waals surface area contributed by atoms with Gasteiger partial charge in [-0.2, -0.15) is 0 Å². The molecule has 0 aliphatic rings. The second-order valence-electron chi connectivity index (χ2n) is 4.73. The number of rotatable bonds is 6. The van der Waals surface area contributed by atoms with Gasteiger partial charge in [0.05, 0.1) is 17.1 Å². The maximum absolute atomic E-state index is 14.1. The molecule has 0 saturated carbocycles. The lowest BCUT2D eigenvalue weighted by atomic mass is 10.0. The van der Waals surface area contributed by atoms with Gasteiger partial charge in [0.15, 0.2) is 6.17 Å². The van der Waals surface area contributed by atoms with E-state index in [0.717, 1.165) is 0 Å². The van der Waals surface area contributed by atoms with E-state index in [9.17, 15) is 19.3 Å². The molecule has 20 heavy (non-hydrogen) atoms. The molecular formula is C14H16FNO4. The molecule has 0 fully saturated rings. The Hall–Kier alpha value is -2.24. The number of hydrogen-bond acceptors (Lipinski definition) is 4. The predicted octanol–water partition coefficient (Wildman–Crippen LogP) is 3.36. The molecule has 0 radical (unpaired) electrons. The third kappa shape index (κ3) is 4.15. The maximum atomic E-state index is 14.1. The normalized spacial score (nSPS) is 12.0. The Morgan fingerprint density at radius 3 is 2.40 bits per heavy atom. The smallest absolute Gasteiger partial charge is 0.336 e. The molecule has 0 spiro atoms. The van der Waals surface area contributed by atoms with Crippen LogP contribution in [0.5, 0.6) is 0 Å². The zero-order valence-corrected chi connectivity index (χ0v) is 11.3. The van der Waals surface area contributed by atoms with Gasteiger partial charge >= 0.3 is 5.97 Å². The van der Waals surface area contributed by atoms with E-state index in [1.165, 1.54) is 24.3 Å². The number of hydrogen-bond donors (Lipinski definition) is 0. The molecule has 1 atom stereocenters. The van der Waals surface area contributed by atoms with Crippen molar-refractivity contribution in [2.24, 2.45) is 5.92 Å². The van der Waals surface area contributed by atoms with Gasteiger partial charge in [-0.3, -0.25) is 10.1 Å². The fourth-order valence-corrected chi connectivity index (χ4v) is 1.40. The van der Waals surface area contributed by atoms with Gasteiger partial charge < -0.3 is 4.74 Å². The topological polar surface area (TPSA) is 69.4 Å². The van der Waals surface area contributed by atoms with E-state index in [1.807, 2.05) is 13.8 Å². The van der Waals surface area contributed by atoms with E-state index in [4.69, 9.17) is 4.74 Å². The largest absolute Gasteiger partial charge is 0.462 e. The van der Waals surface area contributed by atoms with Gasteiger partial charge in [-0.25, -0.2) is 9.18 Å². The van der Waals surface area contributed by atoms with E-state index in [1.54, 1.807) is 0 Å². The third-order valence-corrected chi connectivity index (χ3v) is 2.51.